The number of alkyl halides is 3. The summed E-state index contributed by atoms with van der Waals surface area (Å²) in [5.41, 5.74) is 1.53. The predicted octanol–water partition coefficient (Wildman–Crippen LogP) is 0.967. The van der Waals surface area contributed by atoms with Crippen LogP contribution in [0.15, 0.2) is 6.33 Å². The molecule has 1 saturated heterocycles. The number of amides is 1. The molecule has 0 bridgehead atoms. The van der Waals surface area contributed by atoms with Crippen LogP contribution in [0.1, 0.15) is 11.4 Å². The summed E-state index contributed by atoms with van der Waals surface area (Å²) in [7, 11) is 0. The van der Waals surface area contributed by atoms with Gasteiger partial charge in [0.05, 0.1) is 25.0 Å². The Labute approximate surface area is 114 Å². The molecule has 0 aromatic carbocycles. The van der Waals surface area contributed by atoms with E-state index >= 15 is 0 Å². The number of imidazole rings is 1. The third-order valence-corrected chi connectivity index (χ3v) is 3.38. The van der Waals surface area contributed by atoms with Crippen LogP contribution < -0.4 is 0 Å². The van der Waals surface area contributed by atoms with Gasteiger partial charge in [-0.05, 0) is 6.92 Å². The van der Waals surface area contributed by atoms with Gasteiger partial charge in [-0.1, -0.05) is 0 Å². The number of rotatable bonds is 3. The van der Waals surface area contributed by atoms with Gasteiger partial charge in [0.25, 0.3) is 0 Å². The molecule has 1 aliphatic rings. The highest BCUT2D eigenvalue weighted by molar-refractivity contribution is 5.78. The summed E-state index contributed by atoms with van der Waals surface area (Å²) in [4.78, 5) is 21.9. The normalized spacial score (nSPS) is 17.5. The van der Waals surface area contributed by atoms with Gasteiger partial charge in [0.1, 0.15) is 0 Å². The lowest BCUT2D eigenvalue weighted by Crippen LogP contribution is -2.51. The number of H-pyrrole nitrogens is 1. The Morgan fingerprint density at radius 1 is 1.35 bits per heavy atom. The molecule has 0 saturated carbocycles. The molecule has 1 aliphatic heterocycles. The summed E-state index contributed by atoms with van der Waals surface area (Å²) >= 11 is 0. The molecule has 1 aromatic heterocycles. The second-order valence-corrected chi connectivity index (χ2v) is 4.92. The molecule has 2 rings (SSSR count). The highest BCUT2D eigenvalue weighted by Crippen LogP contribution is 2.17. The molecule has 112 valence electrons. The molecule has 1 aromatic rings. The summed E-state index contributed by atoms with van der Waals surface area (Å²) in [6, 6.07) is 0. The Hall–Kier alpha value is -1.57. The molecule has 8 heteroatoms. The molecule has 1 fully saturated rings. The lowest BCUT2D eigenvalue weighted by molar-refractivity contribution is -0.151. The van der Waals surface area contributed by atoms with Crippen LogP contribution in [0.2, 0.25) is 0 Å². The Balaban J connectivity index is 1.82. The van der Waals surface area contributed by atoms with Gasteiger partial charge in [0, 0.05) is 31.9 Å². The van der Waals surface area contributed by atoms with E-state index in [-0.39, 0.29) is 25.4 Å². The van der Waals surface area contributed by atoms with Crippen molar-refractivity contribution in [3.05, 3.63) is 17.7 Å². The number of aromatic nitrogens is 2. The van der Waals surface area contributed by atoms with E-state index in [1.807, 2.05) is 6.92 Å². The quantitative estimate of drug-likeness (QED) is 0.902. The smallest absolute Gasteiger partial charge is 0.348 e. The first-order valence-electron chi connectivity index (χ1n) is 6.41. The summed E-state index contributed by atoms with van der Waals surface area (Å²) in [5.74, 6) is -0.0909. The van der Waals surface area contributed by atoms with Crippen molar-refractivity contribution in [3.63, 3.8) is 0 Å². The number of hydrogen-bond acceptors (Lipinski definition) is 3. The first-order chi connectivity index (χ1) is 9.35. The second-order valence-electron chi connectivity index (χ2n) is 4.92. The summed E-state index contributed by atoms with van der Waals surface area (Å²) < 4.78 is 36.8. The number of aryl methyl sites for hydroxylation is 1. The topological polar surface area (TPSA) is 52.2 Å². The number of halogens is 3. The molecule has 5 nitrogen and oxygen atoms in total. The highest BCUT2D eigenvalue weighted by Gasteiger charge is 2.32. The fraction of sp³-hybridized carbons (Fsp3) is 0.667. The van der Waals surface area contributed by atoms with Gasteiger partial charge in [-0.25, -0.2) is 4.98 Å². The van der Waals surface area contributed by atoms with Crippen LogP contribution in [0.5, 0.6) is 0 Å². The zero-order valence-corrected chi connectivity index (χ0v) is 11.2. The summed E-state index contributed by atoms with van der Waals surface area (Å²) in [6.45, 7) is 2.09. The van der Waals surface area contributed by atoms with Crippen molar-refractivity contribution in [1.82, 2.24) is 19.8 Å². The fourth-order valence-electron chi connectivity index (χ4n) is 2.23. The van der Waals surface area contributed by atoms with Gasteiger partial charge in [-0.2, -0.15) is 13.2 Å². The van der Waals surface area contributed by atoms with E-state index in [1.165, 1.54) is 11.2 Å². The van der Waals surface area contributed by atoms with Gasteiger partial charge >= 0.3 is 6.18 Å². The van der Waals surface area contributed by atoms with E-state index in [0.29, 0.717) is 18.8 Å². The van der Waals surface area contributed by atoms with Crippen LogP contribution in [0.3, 0.4) is 0 Å². The molecule has 1 amide bonds. The average molecular weight is 290 g/mol. The molecule has 20 heavy (non-hydrogen) atoms. The molecule has 0 spiro atoms. The highest BCUT2D eigenvalue weighted by atomic mass is 19.4. The Morgan fingerprint density at radius 3 is 2.50 bits per heavy atom. The second kappa shape index (κ2) is 5.82. The Kier molecular flexibility index (Phi) is 4.32. The maximum atomic E-state index is 12.3. The van der Waals surface area contributed by atoms with E-state index in [4.69, 9.17) is 0 Å². The number of carbonyl (C=O) groups excluding carboxylic acids is 1. The van der Waals surface area contributed by atoms with Crippen molar-refractivity contribution in [2.75, 3.05) is 32.7 Å². The van der Waals surface area contributed by atoms with Crippen LogP contribution >= 0.6 is 0 Å². The van der Waals surface area contributed by atoms with E-state index in [9.17, 15) is 18.0 Å². The van der Waals surface area contributed by atoms with Crippen LogP contribution in [-0.4, -0.2) is 64.6 Å². The third-order valence-electron chi connectivity index (χ3n) is 3.38. The van der Waals surface area contributed by atoms with Crippen molar-refractivity contribution in [1.29, 1.82) is 0 Å². The minimum atomic E-state index is -4.18. The molecule has 0 atom stereocenters. The number of hydrogen-bond donors (Lipinski definition) is 1. The lowest BCUT2D eigenvalue weighted by atomic mass is 10.2. The van der Waals surface area contributed by atoms with E-state index < -0.39 is 12.7 Å². The summed E-state index contributed by atoms with van der Waals surface area (Å²) in [5, 5.41) is 0. The number of carbonyl (C=O) groups is 1. The van der Waals surface area contributed by atoms with Crippen LogP contribution in [-0.2, 0) is 11.2 Å². The zero-order chi connectivity index (χ0) is 14.8. The van der Waals surface area contributed by atoms with E-state index in [2.05, 4.69) is 9.97 Å². The van der Waals surface area contributed by atoms with E-state index in [0.717, 1.165) is 5.69 Å². The SMILES string of the molecule is Cc1[nH]cnc1CC(=O)N1CCN(CC(F)(F)F)CC1. The largest absolute Gasteiger partial charge is 0.401 e. The third kappa shape index (κ3) is 3.96. The van der Waals surface area contributed by atoms with Gasteiger partial charge < -0.3 is 9.88 Å². The molecule has 1 N–H and O–H groups in total. The maximum absolute atomic E-state index is 12.3. The number of aromatic amines is 1. The zero-order valence-electron chi connectivity index (χ0n) is 11.2. The van der Waals surface area contributed by atoms with Crippen molar-refractivity contribution >= 4 is 5.91 Å². The van der Waals surface area contributed by atoms with Crippen LogP contribution in [0, 0.1) is 6.92 Å². The number of nitrogens with one attached hydrogen (secondary N) is 1. The Bertz CT molecular complexity index is 464. The molecule has 2 heterocycles. The molecule has 0 unspecified atom stereocenters. The standard InChI is InChI=1S/C12H17F3N4O/c1-9-10(17-8-16-9)6-11(20)19-4-2-18(3-5-19)7-12(13,14)15/h8H,2-7H2,1H3,(H,16,17). The van der Waals surface area contributed by atoms with E-state index in [1.54, 1.807) is 4.90 Å². The van der Waals surface area contributed by atoms with Crippen molar-refractivity contribution in [3.8, 4) is 0 Å². The van der Waals surface area contributed by atoms with Gasteiger partial charge in [-0.3, -0.25) is 9.69 Å². The van der Waals surface area contributed by atoms with Gasteiger partial charge in [0.15, 0.2) is 0 Å². The molecular formula is C12H17F3N4O. The Morgan fingerprint density at radius 2 is 2.00 bits per heavy atom. The average Bonchev–Trinajstić information content (AvgIpc) is 2.74. The molecule has 0 aliphatic carbocycles. The van der Waals surface area contributed by atoms with Crippen molar-refractivity contribution in [2.24, 2.45) is 0 Å². The number of piperazine rings is 1. The van der Waals surface area contributed by atoms with Gasteiger partial charge in [0.2, 0.25) is 5.91 Å². The molecular weight excluding hydrogens is 273 g/mol. The van der Waals surface area contributed by atoms with Crippen molar-refractivity contribution in [2.45, 2.75) is 19.5 Å². The monoisotopic (exact) mass is 290 g/mol. The fourth-order valence-corrected chi connectivity index (χ4v) is 2.23. The van der Waals surface area contributed by atoms with Gasteiger partial charge in [-0.15, -0.1) is 0 Å². The first-order valence-corrected chi connectivity index (χ1v) is 6.41. The lowest BCUT2D eigenvalue weighted by Gasteiger charge is -2.35. The maximum Gasteiger partial charge on any atom is 0.401 e. The minimum absolute atomic E-state index is 0.0909. The minimum Gasteiger partial charge on any atom is -0.348 e. The number of nitrogens with zero attached hydrogens (tertiary/aromatic N) is 3. The predicted molar refractivity (Wildman–Crippen MR) is 66.1 cm³/mol. The van der Waals surface area contributed by atoms with Crippen LogP contribution in [0.4, 0.5) is 13.2 Å². The first kappa shape index (κ1) is 14.8. The van der Waals surface area contributed by atoms with Crippen molar-refractivity contribution < 1.29 is 18.0 Å². The molecule has 0 radical (unpaired) electrons. The summed E-state index contributed by atoms with van der Waals surface area (Å²) in [6.07, 6.45) is -2.47. The van der Waals surface area contributed by atoms with Crippen LogP contribution in [0.25, 0.3) is 0 Å².